The van der Waals surface area contributed by atoms with Crippen molar-refractivity contribution in [1.29, 1.82) is 0 Å². The monoisotopic (exact) mass is 224 g/mol. The zero-order chi connectivity index (χ0) is 10.3. The molecule has 3 nitrogen and oxygen atoms in total. The van der Waals surface area contributed by atoms with Crippen molar-refractivity contribution in [3.8, 4) is 0 Å². The van der Waals surface area contributed by atoms with Crippen LogP contribution in [0.25, 0.3) is 0 Å². The van der Waals surface area contributed by atoms with Crippen LogP contribution in [-0.4, -0.2) is 35.3 Å². The van der Waals surface area contributed by atoms with E-state index in [1.807, 2.05) is 6.26 Å². The maximum atomic E-state index is 10.6. The molecule has 0 saturated heterocycles. The van der Waals surface area contributed by atoms with Gasteiger partial charge in [0.1, 0.15) is 0 Å². The summed E-state index contributed by atoms with van der Waals surface area (Å²) in [6.07, 6.45) is 2.91. The van der Waals surface area contributed by atoms with Crippen molar-refractivity contribution < 1.29 is 14.6 Å². The van der Waals surface area contributed by atoms with E-state index in [0.29, 0.717) is 6.61 Å². The van der Waals surface area contributed by atoms with Crippen molar-refractivity contribution >= 4 is 27.6 Å². The smallest absolute Gasteiger partial charge is 0.335 e. The molecule has 0 saturated carbocycles. The van der Waals surface area contributed by atoms with Crippen LogP contribution in [0.15, 0.2) is 0 Å². The quantitative estimate of drug-likeness (QED) is 0.531. The number of ether oxygens (including phenoxy) is 1. The molecule has 0 radical (unpaired) electrons. The molecule has 0 heterocycles. The first-order valence-electron chi connectivity index (χ1n) is 4.03. The molecule has 0 fully saturated rings. The number of carbonyl (C=O) groups is 1. The molecule has 0 spiro atoms. The summed E-state index contributed by atoms with van der Waals surface area (Å²) in [6.45, 7) is 3.64. The van der Waals surface area contributed by atoms with Crippen LogP contribution in [0.5, 0.6) is 0 Å². The number of hydrogen-bond acceptors (Lipinski definition) is 4. The Morgan fingerprint density at radius 3 is 2.62 bits per heavy atom. The molecule has 78 valence electrons. The molecule has 5 heteroatoms. The normalized spacial score (nSPS) is 11.6. The molecule has 1 N–H and O–H groups in total. The molecular formula is C8H16O3S2. The van der Waals surface area contributed by atoms with E-state index in [-0.39, 0.29) is 0 Å². The summed E-state index contributed by atoms with van der Waals surface area (Å²) in [4.78, 5) is 10.6. The minimum atomic E-state index is -1.05. The Labute approximate surface area is 87.0 Å². The summed E-state index contributed by atoms with van der Waals surface area (Å²) in [5.41, 5.74) is -1.05. The van der Waals surface area contributed by atoms with Gasteiger partial charge in [-0.2, -0.15) is 0 Å². The SMILES string of the molecule is CSSCCCOC(C)(C)C(=O)O. The molecule has 0 aromatic carbocycles. The van der Waals surface area contributed by atoms with Gasteiger partial charge >= 0.3 is 5.97 Å². The minimum absolute atomic E-state index is 0.507. The van der Waals surface area contributed by atoms with E-state index in [2.05, 4.69) is 0 Å². The van der Waals surface area contributed by atoms with E-state index in [9.17, 15) is 4.79 Å². The lowest BCUT2D eigenvalue weighted by molar-refractivity contribution is -0.161. The topological polar surface area (TPSA) is 46.5 Å². The molecule has 0 aliphatic rings. The maximum absolute atomic E-state index is 10.6. The van der Waals surface area contributed by atoms with E-state index in [1.54, 1.807) is 35.4 Å². The van der Waals surface area contributed by atoms with Gasteiger partial charge in [0.15, 0.2) is 5.60 Å². The number of hydrogen-bond donors (Lipinski definition) is 1. The first kappa shape index (κ1) is 13.1. The highest BCUT2D eigenvalue weighted by Gasteiger charge is 2.27. The Morgan fingerprint density at radius 2 is 2.15 bits per heavy atom. The molecule has 13 heavy (non-hydrogen) atoms. The van der Waals surface area contributed by atoms with E-state index in [0.717, 1.165) is 12.2 Å². The lowest BCUT2D eigenvalue weighted by atomic mass is 10.1. The molecule has 0 aliphatic carbocycles. The lowest BCUT2D eigenvalue weighted by Gasteiger charge is -2.19. The van der Waals surface area contributed by atoms with Crippen LogP contribution in [0.1, 0.15) is 20.3 Å². The molecule has 0 amide bonds. The summed E-state index contributed by atoms with van der Waals surface area (Å²) in [7, 11) is 3.47. The van der Waals surface area contributed by atoms with Crippen molar-refractivity contribution in [1.82, 2.24) is 0 Å². The number of aliphatic carboxylic acids is 1. The Hall–Kier alpha value is 0.130. The zero-order valence-corrected chi connectivity index (χ0v) is 9.83. The van der Waals surface area contributed by atoms with Gasteiger partial charge in [-0.05, 0) is 26.5 Å². The average molecular weight is 224 g/mol. The Morgan fingerprint density at radius 1 is 1.54 bits per heavy atom. The van der Waals surface area contributed by atoms with Crippen molar-refractivity contribution in [2.75, 3.05) is 18.6 Å². The Kier molecular flexibility index (Phi) is 6.63. The summed E-state index contributed by atoms with van der Waals surface area (Å²) in [5, 5.41) is 8.71. The standard InChI is InChI=1S/C8H16O3S2/c1-8(2,7(9)10)11-5-4-6-13-12-3/h4-6H2,1-3H3,(H,9,10). The molecule has 0 aliphatic heterocycles. The van der Waals surface area contributed by atoms with Crippen molar-refractivity contribution in [3.63, 3.8) is 0 Å². The maximum Gasteiger partial charge on any atom is 0.335 e. The van der Waals surface area contributed by atoms with Crippen LogP contribution in [0, 0.1) is 0 Å². The first-order chi connectivity index (χ1) is 6.00. The van der Waals surface area contributed by atoms with Crippen LogP contribution >= 0.6 is 21.6 Å². The van der Waals surface area contributed by atoms with E-state index < -0.39 is 11.6 Å². The van der Waals surface area contributed by atoms with E-state index >= 15 is 0 Å². The summed E-state index contributed by atoms with van der Waals surface area (Å²) < 4.78 is 5.22. The van der Waals surface area contributed by atoms with Crippen LogP contribution < -0.4 is 0 Å². The number of carboxylic acid groups (broad SMARTS) is 1. The van der Waals surface area contributed by atoms with Gasteiger partial charge in [0.2, 0.25) is 0 Å². The molecule has 0 bridgehead atoms. The third kappa shape index (κ3) is 6.23. The second kappa shape index (κ2) is 6.56. The summed E-state index contributed by atoms with van der Waals surface area (Å²) in [5.74, 6) is 0.0849. The Bertz CT molecular complexity index is 159. The fraction of sp³-hybridized carbons (Fsp3) is 0.875. The molecule has 0 aromatic rings. The highest BCUT2D eigenvalue weighted by molar-refractivity contribution is 8.76. The molecule has 0 rings (SSSR count). The van der Waals surface area contributed by atoms with Gasteiger partial charge in [-0.15, -0.1) is 0 Å². The van der Waals surface area contributed by atoms with Crippen LogP contribution in [0.4, 0.5) is 0 Å². The van der Waals surface area contributed by atoms with Gasteiger partial charge < -0.3 is 9.84 Å². The second-order valence-electron chi connectivity index (χ2n) is 3.01. The third-order valence-electron chi connectivity index (χ3n) is 1.47. The van der Waals surface area contributed by atoms with Crippen molar-refractivity contribution in [3.05, 3.63) is 0 Å². The number of rotatable bonds is 7. The third-order valence-corrected chi connectivity index (χ3v) is 3.37. The predicted molar refractivity (Wildman–Crippen MR) is 58.3 cm³/mol. The fourth-order valence-electron chi connectivity index (χ4n) is 0.590. The summed E-state index contributed by atoms with van der Waals surface area (Å²) >= 11 is 0. The fourth-order valence-corrected chi connectivity index (χ4v) is 1.85. The van der Waals surface area contributed by atoms with Gasteiger partial charge in [0.05, 0.1) is 0 Å². The largest absolute Gasteiger partial charge is 0.479 e. The summed E-state index contributed by atoms with van der Waals surface area (Å²) in [6, 6.07) is 0. The lowest BCUT2D eigenvalue weighted by Crippen LogP contribution is -2.35. The van der Waals surface area contributed by atoms with Gasteiger partial charge in [0, 0.05) is 12.4 Å². The van der Waals surface area contributed by atoms with Gasteiger partial charge in [-0.1, -0.05) is 21.6 Å². The van der Waals surface area contributed by atoms with Crippen LogP contribution in [0.2, 0.25) is 0 Å². The van der Waals surface area contributed by atoms with E-state index in [1.165, 1.54) is 0 Å². The molecular weight excluding hydrogens is 208 g/mol. The average Bonchev–Trinajstić information content (AvgIpc) is 2.03. The van der Waals surface area contributed by atoms with Crippen molar-refractivity contribution in [2.45, 2.75) is 25.9 Å². The number of carboxylic acids is 1. The molecule has 0 unspecified atom stereocenters. The van der Waals surface area contributed by atoms with Gasteiger partial charge in [-0.3, -0.25) is 0 Å². The predicted octanol–water partition coefficient (Wildman–Crippen LogP) is 2.27. The van der Waals surface area contributed by atoms with Gasteiger partial charge in [-0.25, -0.2) is 4.79 Å². The van der Waals surface area contributed by atoms with Gasteiger partial charge in [0.25, 0.3) is 0 Å². The minimum Gasteiger partial charge on any atom is -0.479 e. The van der Waals surface area contributed by atoms with Crippen molar-refractivity contribution in [2.24, 2.45) is 0 Å². The zero-order valence-electron chi connectivity index (χ0n) is 8.20. The highest BCUT2D eigenvalue weighted by atomic mass is 33.1. The molecule has 0 atom stereocenters. The Balaban J connectivity index is 3.46. The molecule has 0 aromatic heterocycles. The van der Waals surface area contributed by atoms with Crippen LogP contribution in [0.3, 0.4) is 0 Å². The van der Waals surface area contributed by atoms with Crippen LogP contribution in [-0.2, 0) is 9.53 Å². The first-order valence-corrected chi connectivity index (χ1v) is 6.76. The highest BCUT2D eigenvalue weighted by Crippen LogP contribution is 2.18. The second-order valence-corrected chi connectivity index (χ2v) is 5.69. The van der Waals surface area contributed by atoms with E-state index in [4.69, 9.17) is 9.84 Å².